The first-order valence-corrected chi connectivity index (χ1v) is 5.34. The van der Waals surface area contributed by atoms with E-state index in [4.69, 9.17) is 0 Å². The van der Waals surface area contributed by atoms with E-state index in [0.29, 0.717) is 5.70 Å². The van der Waals surface area contributed by atoms with Crippen LogP contribution in [0.2, 0.25) is 0 Å². The topological polar surface area (TPSA) is 58.6 Å². The van der Waals surface area contributed by atoms with Crippen molar-refractivity contribution in [3.8, 4) is 0 Å². The average Bonchev–Trinajstić information content (AvgIpc) is 2.40. The number of methoxy groups -OCH3 is 1. The van der Waals surface area contributed by atoms with Crippen molar-refractivity contribution >= 4 is 17.7 Å². The van der Waals surface area contributed by atoms with Crippen LogP contribution < -0.4 is 10.2 Å². The van der Waals surface area contributed by atoms with Crippen LogP contribution in [0.25, 0.3) is 0 Å². The Balaban J connectivity index is 2.20. The first kappa shape index (κ1) is 11.9. The molecule has 5 heteroatoms. The molecule has 0 atom stereocenters. The van der Waals surface area contributed by atoms with Crippen LogP contribution in [-0.2, 0) is 9.53 Å². The predicted octanol–water partition coefficient (Wildman–Crippen LogP) is 1.79. The summed E-state index contributed by atoms with van der Waals surface area (Å²) in [5.74, 6) is -0.511. The Morgan fingerprint density at radius 1 is 1.33 bits per heavy atom. The first-order chi connectivity index (χ1) is 8.70. The summed E-state index contributed by atoms with van der Waals surface area (Å²) in [4.78, 5) is 24.3. The van der Waals surface area contributed by atoms with Crippen LogP contribution >= 0.6 is 0 Å². The molecule has 1 aromatic carbocycles. The van der Waals surface area contributed by atoms with Gasteiger partial charge in [-0.25, -0.2) is 9.59 Å². The monoisotopic (exact) mass is 244 g/mol. The molecular formula is C13H12N2O3. The number of nitrogens with zero attached hydrogens (tertiary/aromatic N) is 1. The molecule has 0 spiro atoms. The van der Waals surface area contributed by atoms with Gasteiger partial charge in [0, 0.05) is 12.3 Å². The van der Waals surface area contributed by atoms with Gasteiger partial charge in [0.15, 0.2) is 0 Å². The van der Waals surface area contributed by atoms with Crippen LogP contribution in [0.4, 0.5) is 10.5 Å². The lowest BCUT2D eigenvalue weighted by molar-refractivity contribution is -0.134. The molecule has 18 heavy (non-hydrogen) atoms. The number of ether oxygens (including phenoxy) is 1. The molecule has 92 valence electrons. The van der Waals surface area contributed by atoms with E-state index in [-0.39, 0.29) is 6.03 Å². The van der Waals surface area contributed by atoms with Crippen molar-refractivity contribution in [1.29, 1.82) is 0 Å². The molecule has 2 amide bonds. The van der Waals surface area contributed by atoms with Crippen molar-refractivity contribution in [3.63, 3.8) is 0 Å². The van der Waals surface area contributed by atoms with Gasteiger partial charge in [0.1, 0.15) is 0 Å². The summed E-state index contributed by atoms with van der Waals surface area (Å²) in [6, 6.07) is 8.88. The van der Waals surface area contributed by atoms with Gasteiger partial charge in [-0.1, -0.05) is 18.2 Å². The second kappa shape index (κ2) is 5.18. The number of urea groups is 1. The van der Waals surface area contributed by atoms with Gasteiger partial charge in [0.2, 0.25) is 0 Å². The molecule has 2 rings (SSSR count). The number of allylic oxidation sites excluding steroid dienone is 1. The number of carbonyl (C=O) groups excluding carboxylic acids is 2. The Labute approximate surface area is 104 Å². The van der Waals surface area contributed by atoms with Gasteiger partial charge in [-0.05, 0) is 18.2 Å². The molecule has 0 saturated carbocycles. The molecule has 0 bridgehead atoms. The van der Waals surface area contributed by atoms with Crippen LogP contribution in [0.1, 0.15) is 0 Å². The third-order valence-corrected chi connectivity index (χ3v) is 2.38. The van der Waals surface area contributed by atoms with Crippen molar-refractivity contribution < 1.29 is 14.3 Å². The number of nitrogens with one attached hydrogen (secondary N) is 1. The van der Waals surface area contributed by atoms with Gasteiger partial charge < -0.3 is 10.1 Å². The lowest BCUT2D eigenvalue weighted by Gasteiger charge is -2.23. The average molecular weight is 244 g/mol. The molecular weight excluding hydrogens is 232 g/mol. The highest BCUT2D eigenvalue weighted by molar-refractivity contribution is 5.97. The zero-order valence-corrected chi connectivity index (χ0v) is 9.79. The standard InChI is InChI=1S/C13H12N2O3/c1-18-12(16)9-10-7-8-15(13(17)14-10)11-5-3-2-4-6-11/h2-9H,1H3,(H,14,17)/b10-9-. The van der Waals surface area contributed by atoms with Gasteiger partial charge in [0.25, 0.3) is 0 Å². The molecule has 0 aromatic heterocycles. The number of esters is 1. The number of benzene rings is 1. The van der Waals surface area contributed by atoms with Crippen LogP contribution in [-0.4, -0.2) is 19.1 Å². The number of amides is 2. The molecule has 1 aromatic rings. The zero-order chi connectivity index (χ0) is 13.0. The third kappa shape index (κ3) is 2.57. The molecule has 1 heterocycles. The lowest BCUT2D eigenvalue weighted by atomic mass is 10.2. The Bertz CT molecular complexity index is 520. The maximum atomic E-state index is 11.8. The van der Waals surface area contributed by atoms with E-state index in [1.807, 2.05) is 30.3 Å². The fourth-order valence-electron chi connectivity index (χ4n) is 1.51. The van der Waals surface area contributed by atoms with Gasteiger partial charge in [-0.2, -0.15) is 0 Å². The van der Waals surface area contributed by atoms with E-state index >= 15 is 0 Å². The summed E-state index contributed by atoms with van der Waals surface area (Å²) in [6.45, 7) is 0. The second-order valence-corrected chi connectivity index (χ2v) is 3.57. The van der Waals surface area contributed by atoms with E-state index in [9.17, 15) is 9.59 Å². The minimum atomic E-state index is -0.511. The van der Waals surface area contributed by atoms with Gasteiger partial charge in [0.05, 0.1) is 18.5 Å². The zero-order valence-electron chi connectivity index (χ0n) is 9.79. The van der Waals surface area contributed by atoms with E-state index in [1.165, 1.54) is 18.1 Å². The Kier molecular flexibility index (Phi) is 3.43. The summed E-state index contributed by atoms with van der Waals surface area (Å²) < 4.78 is 4.49. The number of rotatable bonds is 2. The lowest BCUT2D eigenvalue weighted by Crippen LogP contribution is -2.39. The van der Waals surface area contributed by atoms with Crippen LogP contribution in [0, 0.1) is 0 Å². The highest BCUT2D eigenvalue weighted by atomic mass is 16.5. The van der Waals surface area contributed by atoms with Crippen LogP contribution in [0.5, 0.6) is 0 Å². The van der Waals surface area contributed by atoms with E-state index in [0.717, 1.165) is 5.69 Å². The largest absolute Gasteiger partial charge is 0.466 e. The van der Waals surface area contributed by atoms with Crippen molar-refractivity contribution in [2.75, 3.05) is 12.0 Å². The smallest absolute Gasteiger partial charge is 0.332 e. The molecule has 0 aliphatic carbocycles. The minimum absolute atomic E-state index is 0.321. The number of carbonyl (C=O) groups is 2. The van der Waals surface area contributed by atoms with Crippen molar-refractivity contribution in [2.45, 2.75) is 0 Å². The van der Waals surface area contributed by atoms with Crippen molar-refractivity contribution in [2.24, 2.45) is 0 Å². The maximum absolute atomic E-state index is 11.8. The molecule has 0 radical (unpaired) electrons. The molecule has 0 unspecified atom stereocenters. The molecule has 5 nitrogen and oxygen atoms in total. The normalized spacial score (nSPS) is 16.6. The van der Waals surface area contributed by atoms with Crippen molar-refractivity contribution in [1.82, 2.24) is 5.32 Å². The van der Waals surface area contributed by atoms with Crippen LogP contribution in [0.15, 0.2) is 54.4 Å². The number of hydrogen-bond donors (Lipinski definition) is 1. The highest BCUT2D eigenvalue weighted by Crippen LogP contribution is 2.17. The molecule has 0 saturated heterocycles. The third-order valence-electron chi connectivity index (χ3n) is 2.38. The predicted molar refractivity (Wildman–Crippen MR) is 66.7 cm³/mol. The first-order valence-electron chi connectivity index (χ1n) is 5.34. The van der Waals surface area contributed by atoms with Crippen molar-refractivity contribution in [3.05, 3.63) is 54.4 Å². The van der Waals surface area contributed by atoms with E-state index < -0.39 is 5.97 Å². The quantitative estimate of drug-likeness (QED) is 0.637. The van der Waals surface area contributed by atoms with Gasteiger partial charge in [-0.3, -0.25) is 4.90 Å². The maximum Gasteiger partial charge on any atom is 0.332 e. The second-order valence-electron chi connectivity index (χ2n) is 3.57. The molecule has 1 aliphatic rings. The fourth-order valence-corrected chi connectivity index (χ4v) is 1.51. The van der Waals surface area contributed by atoms with Crippen LogP contribution in [0.3, 0.4) is 0 Å². The van der Waals surface area contributed by atoms with Gasteiger partial charge in [-0.15, -0.1) is 0 Å². The highest BCUT2D eigenvalue weighted by Gasteiger charge is 2.18. The Hall–Kier alpha value is -2.56. The summed E-state index contributed by atoms with van der Waals surface area (Å²) in [6.07, 6.45) is 4.45. The molecule has 0 fully saturated rings. The van der Waals surface area contributed by atoms with E-state index in [1.54, 1.807) is 12.3 Å². The molecule has 1 aliphatic heterocycles. The Morgan fingerprint density at radius 3 is 2.67 bits per heavy atom. The summed E-state index contributed by atoms with van der Waals surface area (Å²) in [5, 5.41) is 2.59. The SMILES string of the molecule is COC(=O)/C=C1/C=CN(c2ccccc2)C(=O)N1. The number of para-hydroxylation sites is 1. The fraction of sp³-hybridized carbons (Fsp3) is 0.0769. The summed E-state index contributed by atoms with van der Waals surface area (Å²) in [5.41, 5.74) is 1.15. The van der Waals surface area contributed by atoms with Gasteiger partial charge >= 0.3 is 12.0 Å². The summed E-state index contributed by atoms with van der Waals surface area (Å²) >= 11 is 0. The number of hydrogen-bond acceptors (Lipinski definition) is 3. The Morgan fingerprint density at radius 2 is 2.06 bits per heavy atom. The number of anilines is 1. The minimum Gasteiger partial charge on any atom is -0.466 e. The summed E-state index contributed by atoms with van der Waals surface area (Å²) in [7, 11) is 1.28. The van der Waals surface area contributed by atoms with E-state index in [2.05, 4.69) is 10.1 Å². The molecule has 1 N–H and O–H groups in total.